The molecule has 120 valence electrons. The van der Waals surface area contributed by atoms with Crippen molar-refractivity contribution in [2.45, 2.75) is 25.4 Å². The van der Waals surface area contributed by atoms with E-state index in [0.29, 0.717) is 17.7 Å². The number of methoxy groups -OCH3 is 1. The number of hydrogen-bond donors (Lipinski definition) is 1. The summed E-state index contributed by atoms with van der Waals surface area (Å²) in [6, 6.07) is 5.27. The highest BCUT2D eigenvalue weighted by atomic mass is 16.5. The third kappa shape index (κ3) is 3.66. The Hall–Kier alpha value is -2.88. The maximum Gasteiger partial charge on any atom is 0.328 e. The van der Waals surface area contributed by atoms with E-state index in [1.807, 2.05) is 0 Å². The molecule has 7 heteroatoms. The number of benzene rings is 1. The molecular weight excluding hydrogens is 298 g/mol. The van der Waals surface area contributed by atoms with E-state index in [4.69, 9.17) is 11.3 Å². The Kier molecular flexibility index (Phi) is 4.96. The van der Waals surface area contributed by atoms with E-state index in [2.05, 4.69) is 10.2 Å². The van der Waals surface area contributed by atoms with Gasteiger partial charge in [0.25, 0.3) is 5.91 Å². The molecule has 0 aromatic heterocycles. The molecule has 0 radical (unpaired) electrons. The van der Waals surface area contributed by atoms with Crippen LogP contribution in [0.3, 0.4) is 0 Å². The van der Waals surface area contributed by atoms with Crippen molar-refractivity contribution in [3.8, 4) is 0 Å². The van der Waals surface area contributed by atoms with Crippen molar-refractivity contribution >= 4 is 23.5 Å². The molecule has 0 saturated carbocycles. The van der Waals surface area contributed by atoms with E-state index in [9.17, 15) is 14.4 Å². The summed E-state index contributed by atoms with van der Waals surface area (Å²) in [5, 5.41) is 2.81. The van der Waals surface area contributed by atoms with Gasteiger partial charge in [0.1, 0.15) is 6.04 Å². The molecule has 2 rings (SSSR count). The number of nitrogens with zero attached hydrogens (tertiary/aromatic N) is 2. The second kappa shape index (κ2) is 6.92. The van der Waals surface area contributed by atoms with Crippen molar-refractivity contribution in [2.75, 3.05) is 13.7 Å². The van der Waals surface area contributed by atoms with Crippen LogP contribution in [0.5, 0.6) is 0 Å². The third-order valence-corrected chi connectivity index (χ3v) is 3.77. The summed E-state index contributed by atoms with van der Waals surface area (Å²) in [5.74, 6) is -1.03. The zero-order valence-electron chi connectivity index (χ0n) is 12.9. The Bertz CT molecular complexity index is 663. The summed E-state index contributed by atoms with van der Waals surface area (Å²) in [4.78, 5) is 40.3. The molecule has 1 heterocycles. The van der Waals surface area contributed by atoms with Crippen LogP contribution in [0.2, 0.25) is 0 Å². The normalized spacial score (nSPS) is 19.8. The largest absolute Gasteiger partial charge is 0.467 e. The molecule has 7 nitrogen and oxygen atoms in total. The highest BCUT2D eigenvalue weighted by molar-refractivity contribution is 5.95. The summed E-state index contributed by atoms with van der Waals surface area (Å²) < 4.78 is 4.70. The fourth-order valence-corrected chi connectivity index (χ4v) is 2.60. The molecule has 0 unspecified atom stereocenters. The first-order valence-corrected chi connectivity index (χ1v) is 7.09. The number of hydrogen-bond acceptors (Lipinski definition) is 4. The van der Waals surface area contributed by atoms with Crippen molar-refractivity contribution in [1.29, 1.82) is 0 Å². The molecule has 1 aliphatic heterocycles. The lowest BCUT2D eigenvalue weighted by Crippen LogP contribution is -2.40. The Labute approximate surface area is 134 Å². The molecule has 1 aliphatic rings. The first kappa shape index (κ1) is 16.5. The van der Waals surface area contributed by atoms with Crippen LogP contribution in [0.1, 0.15) is 23.7 Å². The third-order valence-electron chi connectivity index (χ3n) is 3.77. The summed E-state index contributed by atoms with van der Waals surface area (Å²) in [5.41, 5.74) is 0.879. The van der Waals surface area contributed by atoms with Crippen molar-refractivity contribution in [3.63, 3.8) is 0 Å². The Morgan fingerprint density at radius 2 is 1.96 bits per heavy atom. The lowest BCUT2D eigenvalue weighted by atomic mass is 10.1. The van der Waals surface area contributed by atoms with Gasteiger partial charge in [-0.25, -0.2) is 9.64 Å². The molecule has 23 heavy (non-hydrogen) atoms. The smallest absolute Gasteiger partial charge is 0.328 e. The molecule has 1 aromatic carbocycles. The highest BCUT2D eigenvalue weighted by Crippen LogP contribution is 2.20. The van der Waals surface area contributed by atoms with Gasteiger partial charge in [0, 0.05) is 31.5 Å². The predicted molar refractivity (Wildman–Crippen MR) is 81.8 cm³/mol. The Morgan fingerprint density at radius 1 is 1.30 bits per heavy atom. The van der Waals surface area contributed by atoms with E-state index in [0.717, 1.165) is 0 Å². The summed E-state index contributed by atoms with van der Waals surface area (Å²) >= 11 is 0. The average Bonchev–Trinajstić information content (AvgIpc) is 2.98. The number of nitrogens with one attached hydrogen (secondary N) is 1. The number of ether oxygens (including phenoxy) is 1. The fourth-order valence-electron chi connectivity index (χ4n) is 2.60. The van der Waals surface area contributed by atoms with Crippen molar-refractivity contribution < 1.29 is 19.1 Å². The standard InChI is InChI=1S/C16H17N3O4/c1-10(20)19-9-13(8-14(19)16(22)23-3)18-15(21)11-4-6-12(17-2)7-5-11/h4-7,13-14H,8-9H2,1,3H3,(H,18,21)/t13-,14-/m0/s1. The molecule has 2 atom stereocenters. The van der Waals surface area contributed by atoms with Crippen LogP contribution in [0.15, 0.2) is 24.3 Å². The first-order chi connectivity index (χ1) is 11.0. The van der Waals surface area contributed by atoms with Gasteiger partial charge in [0.15, 0.2) is 5.69 Å². The molecule has 1 saturated heterocycles. The van der Waals surface area contributed by atoms with Gasteiger partial charge in [-0.2, -0.15) is 0 Å². The van der Waals surface area contributed by atoms with E-state index in [1.54, 1.807) is 24.3 Å². The topological polar surface area (TPSA) is 80.1 Å². The van der Waals surface area contributed by atoms with E-state index < -0.39 is 12.0 Å². The van der Waals surface area contributed by atoms with Gasteiger partial charge in [0.2, 0.25) is 5.91 Å². The zero-order valence-corrected chi connectivity index (χ0v) is 12.9. The number of esters is 1. The maximum absolute atomic E-state index is 12.2. The average molecular weight is 315 g/mol. The van der Waals surface area contributed by atoms with Gasteiger partial charge in [-0.05, 0) is 0 Å². The van der Waals surface area contributed by atoms with Crippen molar-refractivity contribution in [3.05, 3.63) is 41.2 Å². The maximum atomic E-state index is 12.2. The van der Waals surface area contributed by atoms with Crippen LogP contribution in [-0.2, 0) is 14.3 Å². The zero-order chi connectivity index (χ0) is 17.0. The molecule has 1 fully saturated rings. The number of carbonyl (C=O) groups excluding carboxylic acids is 3. The quantitative estimate of drug-likeness (QED) is 0.670. The van der Waals surface area contributed by atoms with Crippen LogP contribution >= 0.6 is 0 Å². The van der Waals surface area contributed by atoms with Gasteiger partial charge in [-0.15, -0.1) is 0 Å². The summed E-state index contributed by atoms with van der Waals surface area (Å²) in [6.45, 7) is 8.53. The number of likely N-dealkylation sites (tertiary alicyclic amines) is 1. The van der Waals surface area contributed by atoms with Gasteiger partial charge >= 0.3 is 5.97 Å². The second-order valence-corrected chi connectivity index (χ2v) is 5.28. The van der Waals surface area contributed by atoms with Gasteiger partial charge in [-0.3, -0.25) is 9.59 Å². The van der Waals surface area contributed by atoms with Crippen LogP contribution in [0.25, 0.3) is 4.85 Å². The second-order valence-electron chi connectivity index (χ2n) is 5.28. The van der Waals surface area contributed by atoms with Crippen LogP contribution < -0.4 is 5.32 Å². The number of rotatable bonds is 3. The Balaban J connectivity index is 2.05. The highest BCUT2D eigenvalue weighted by Gasteiger charge is 2.39. The minimum atomic E-state index is -0.674. The van der Waals surface area contributed by atoms with Crippen molar-refractivity contribution in [1.82, 2.24) is 10.2 Å². The van der Waals surface area contributed by atoms with Crippen LogP contribution in [-0.4, -0.2) is 48.4 Å². The van der Waals surface area contributed by atoms with Crippen molar-refractivity contribution in [2.24, 2.45) is 0 Å². The van der Waals surface area contributed by atoms with Gasteiger partial charge < -0.3 is 15.0 Å². The van der Waals surface area contributed by atoms with Crippen LogP contribution in [0.4, 0.5) is 5.69 Å². The van der Waals surface area contributed by atoms with E-state index in [-0.39, 0.29) is 24.4 Å². The minimum Gasteiger partial charge on any atom is -0.467 e. The molecular formula is C16H17N3O4. The number of carbonyl (C=O) groups is 3. The molecule has 0 aliphatic carbocycles. The SMILES string of the molecule is [C-]#[N+]c1ccc(C(=O)N[C@H]2C[C@@H](C(=O)OC)N(C(C)=O)C2)cc1. The summed E-state index contributed by atoms with van der Waals surface area (Å²) in [7, 11) is 1.27. The predicted octanol–water partition coefficient (Wildman–Crippen LogP) is 1.13. The van der Waals surface area contributed by atoms with Crippen LogP contribution in [0, 0.1) is 6.57 Å². The lowest BCUT2D eigenvalue weighted by Gasteiger charge is -2.20. The molecule has 0 spiro atoms. The molecule has 2 amide bonds. The molecule has 1 N–H and O–H groups in total. The van der Waals surface area contributed by atoms with E-state index >= 15 is 0 Å². The fraction of sp³-hybridized carbons (Fsp3) is 0.375. The summed E-state index contributed by atoms with van der Waals surface area (Å²) in [6.07, 6.45) is 0.318. The monoisotopic (exact) mass is 315 g/mol. The number of amides is 2. The Morgan fingerprint density at radius 3 is 2.48 bits per heavy atom. The molecule has 0 bridgehead atoms. The van der Waals surface area contributed by atoms with Gasteiger partial charge in [-0.1, -0.05) is 24.3 Å². The first-order valence-electron chi connectivity index (χ1n) is 7.09. The van der Waals surface area contributed by atoms with E-state index in [1.165, 1.54) is 18.9 Å². The van der Waals surface area contributed by atoms with Gasteiger partial charge in [0.05, 0.1) is 13.7 Å². The minimum absolute atomic E-state index is 0.237. The molecule has 1 aromatic rings. The lowest BCUT2D eigenvalue weighted by molar-refractivity contribution is -0.150.